The molecule has 23 heavy (non-hydrogen) atoms. The molecule has 0 saturated heterocycles. The van der Waals surface area contributed by atoms with Gasteiger partial charge >= 0.3 is 0 Å². The second-order valence-corrected chi connectivity index (χ2v) is 5.53. The van der Waals surface area contributed by atoms with E-state index in [1.165, 1.54) is 0 Å². The number of hydrogen-bond donors (Lipinski definition) is 2. The summed E-state index contributed by atoms with van der Waals surface area (Å²) in [6.45, 7) is 2.96. The number of likely N-dealkylation sites (N-methyl/N-ethyl adjacent to an activating group) is 1. The summed E-state index contributed by atoms with van der Waals surface area (Å²) in [7, 11) is 3.78. The van der Waals surface area contributed by atoms with Gasteiger partial charge in [0.2, 0.25) is 0 Å². The molecule has 1 aromatic carbocycles. The van der Waals surface area contributed by atoms with E-state index in [0.29, 0.717) is 18.8 Å². The van der Waals surface area contributed by atoms with Gasteiger partial charge in [-0.15, -0.1) is 0 Å². The lowest BCUT2D eigenvalue weighted by atomic mass is 10.2. The van der Waals surface area contributed by atoms with E-state index in [0.717, 1.165) is 16.3 Å². The molecule has 0 fully saturated rings. The minimum absolute atomic E-state index is 0.176. The van der Waals surface area contributed by atoms with Crippen molar-refractivity contribution in [1.29, 1.82) is 0 Å². The van der Waals surface area contributed by atoms with Crippen LogP contribution in [0.1, 0.15) is 16.1 Å². The van der Waals surface area contributed by atoms with E-state index in [-0.39, 0.29) is 5.69 Å². The highest BCUT2D eigenvalue weighted by atomic mass is 16.3. The van der Waals surface area contributed by atoms with Crippen molar-refractivity contribution in [3.8, 4) is 11.4 Å². The van der Waals surface area contributed by atoms with Crippen molar-refractivity contribution < 1.29 is 9.90 Å². The van der Waals surface area contributed by atoms with E-state index >= 15 is 0 Å². The lowest BCUT2D eigenvalue weighted by Crippen LogP contribution is -2.33. The van der Waals surface area contributed by atoms with Crippen molar-refractivity contribution in [2.45, 2.75) is 6.92 Å². The van der Waals surface area contributed by atoms with Crippen molar-refractivity contribution in [1.82, 2.24) is 20.0 Å². The summed E-state index contributed by atoms with van der Waals surface area (Å²) in [6.07, 6.45) is 0. The summed E-state index contributed by atoms with van der Waals surface area (Å²) in [5, 5.41) is 16.5. The van der Waals surface area contributed by atoms with Crippen LogP contribution >= 0.6 is 0 Å². The van der Waals surface area contributed by atoms with Crippen LogP contribution in [0.5, 0.6) is 5.75 Å². The van der Waals surface area contributed by atoms with E-state index in [4.69, 9.17) is 0 Å². The molecule has 0 radical (unpaired) electrons. The Labute approximate surface area is 134 Å². The van der Waals surface area contributed by atoms with E-state index in [1.54, 1.807) is 18.2 Å². The number of rotatable bonds is 5. The molecular weight excluding hydrogens is 296 g/mol. The third-order valence-electron chi connectivity index (χ3n) is 3.22. The summed E-state index contributed by atoms with van der Waals surface area (Å²) in [4.78, 5) is 26.1. The molecule has 0 saturated carbocycles. The van der Waals surface area contributed by atoms with Gasteiger partial charge in [-0.3, -0.25) is 9.59 Å². The Morgan fingerprint density at radius 3 is 2.74 bits per heavy atom. The zero-order valence-electron chi connectivity index (χ0n) is 13.4. The smallest absolute Gasteiger partial charge is 0.275 e. The van der Waals surface area contributed by atoms with Crippen LogP contribution in [0, 0.1) is 6.92 Å². The van der Waals surface area contributed by atoms with Crippen LogP contribution in [0.15, 0.2) is 35.1 Å². The number of aromatic hydroxyl groups is 1. The predicted molar refractivity (Wildman–Crippen MR) is 87.1 cm³/mol. The van der Waals surface area contributed by atoms with Gasteiger partial charge in [-0.05, 0) is 38.7 Å². The molecule has 0 aliphatic heterocycles. The third-order valence-corrected chi connectivity index (χ3v) is 3.22. The zero-order valence-corrected chi connectivity index (χ0v) is 13.4. The first-order chi connectivity index (χ1) is 10.9. The van der Waals surface area contributed by atoms with Crippen LogP contribution in [-0.4, -0.2) is 52.9 Å². The van der Waals surface area contributed by atoms with Crippen LogP contribution < -0.4 is 10.9 Å². The maximum absolute atomic E-state index is 12.1. The maximum Gasteiger partial charge on any atom is 0.275 e. The van der Waals surface area contributed by atoms with Crippen LogP contribution in [-0.2, 0) is 0 Å². The summed E-state index contributed by atoms with van der Waals surface area (Å²) in [5.41, 5.74) is 0.821. The van der Waals surface area contributed by atoms with Gasteiger partial charge in [0.1, 0.15) is 0 Å². The number of amides is 1. The number of carbonyl (C=O) groups is 1. The molecular formula is C16H20N4O3. The van der Waals surface area contributed by atoms with E-state index in [2.05, 4.69) is 10.4 Å². The van der Waals surface area contributed by atoms with Gasteiger partial charge < -0.3 is 15.3 Å². The van der Waals surface area contributed by atoms with E-state index < -0.39 is 17.2 Å². The number of hydrogen-bond acceptors (Lipinski definition) is 5. The van der Waals surface area contributed by atoms with Crippen LogP contribution in [0.4, 0.5) is 0 Å². The topological polar surface area (TPSA) is 87.5 Å². The molecule has 0 atom stereocenters. The lowest BCUT2D eigenvalue weighted by Gasteiger charge is -2.12. The fourth-order valence-electron chi connectivity index (χ4n) is 2.03. The number of nitrogens with one attached hydrogen (secondary N) is 1. The zero-order chi connectivity index (χ0) is 17.0. The van der Waals surface area contributed by atoms with Crippen molar-refractivity contribution >= 4 is 5.91 Å². The molecule has 0 unspecified atom stereocenters. The molecule has 7 heteroatoms. The van der Waals surface area contributed by atoms with Crippen LogP contribution in [0.3, 0.4) is 0 Å². The van der Waals surface area contributed by atoms with Gasteiger partial charge in [0.25, 0.3) is 11.5 Å². The first-order valence-electron chi connectivity index (χ1n) is 7.22. The molecule has 7 nitrogen and oxygen atoms in total. The second-order valence-electron chi connectivity index (χ2n) is 5.53. The highest BCUT2D eigenvalue weighted by Gasteiger charge is 2.16. The average Bonchev–Trinajstić information content (AvgIpc) is 2.46. The molecule has 0 aliphatic carbocycles. The fraction of sp³-hybridized carbons (Fsp3) is 0.312. The summed E-state index contributed by atoms with van der Waals surface area (Å²) in [6, 6.07) is 8.17. The molecule has 0 spiro atoms. The molecule has 1 amide bonds. The number of benzene rings is 1. The average molecular weight is 316 g/mol. The summed E-state index contributed by atoms with van der Waals surface area (Å²) in [5.74, 6) is -0.952. The van der Waals surface area contributed by atoms with Gasteiger partial charge in [-0.2, -0.15) is 9.78 Å². The van der Waals surface area contributed by atoms with Gasteiger partial charge in [-0.1, -0.05) is 12.1 Å². The SMILES string of the molecule is Cc1cccc(-n2nc(C(=O)NCCN(C)C)c(O)cc2=O)c1. The van der Waals surface area contributed by atoms with E-state index in [9.17, 15) is 14.7 Å². The van der Waals surface area contributed by atoms with Crippen molar-refractivity contribution in [3.63, 3.8) is 0 Å². The third kappa shape index (κ3) is 4.17. The molecule has 122 valence electrons. The van der Waals surface area contributed by atoms with Crippen molar-refractivity contribution in [2.75, 3.05) is 27.2 Å². The number of aryl methyl sites for hydroxylation is 1. The molecule has 1 aromatic heterocycles. The summed E-state index contributed by atoms with van der Waals surface area (Å²) >= 11 is 0. The fourth-order valence-corrected chi connectivity index (χ4v) is 2.03. The molecule has 2 N–H and O–H groups in total. The minimum atomic E-state index is -0.522. The number of nitrogens with zero attached hydrogens (tertiary/aromatic N) is 3. The Kier molecular flexibility index (Phi) is 5.13. The number of carbonyl (C=O) groups excluding carboxylic acids is 1. The molecule has 1 heterocycles. The van der Waals surface area contributed by atoms with Crippen molar-refractivity contribution in [2.24, 2.45) is 0 Å². The predicted octanol–water partition coefficient (Wildman–Crippen LogP) is 0.538. The Morgan fingerprint density at radius 1 is 1.35 bits per heavy atom. The van der Waals surface area contributed by atoms with Gasteiger partial charge in [0, 0.05) is 19.2 Å². The molecule has 2 rings (SSSR count). The quantitative estimate of drug-likeness (QED) is 0.840. The van der Waals surface area contributed by atoms with Gasteiger partial charge in [-0.25, -0.2) is 0 Å². The largest absolute Gasteiger partial charge is 0.505 e. The van der Waals surface area contributed by atoms with E-state index in [1.807, 2.05) is 32.0 Å². The summed E-state index contributed by atoms with van der Waals surface area (Å²) < 4.78 is 1.10. The van der Waals surface area contributed by atoms with Crippen LogP contribution in [0.25, 0.3) is 5.69 Å². The molecule has 0 bridgehead atoms. The maximum atomic E-state index is 12.1. The van der Waals surface area contributed by atoms with Gasteiger partial charge in [0.15, 0.2) is 11.4 Å². The van der Waals surface area contributed by atoms with Crippen molar-refractivity contribution in [3.05, 3.63) is 51.9 Å². The van der Waals surface area contributed by atoms with Crippen LogP contribution in [0.2, 0.25) is 0 Å². The molecule has 0 aliphatic rings. The Morgan fingerprint density at radius 2 is 2.09 bits per heavy atom. The van der Waals surface area contributed by atoms with Gasteiger partial charge in [0.05, 0.1) is 5.69 Å². The standard InChI is InChI=1S/C16H20N4O3/c1-11-5-4-6-12(9-11)20-14(22)10-13(21)15(18-20)16(23)17-7-8-19(2)3/h4-6,9-10,21H,7-8H2,1-3H3,(H,17,23). The second kappa shape index (κ2) is 7.06. The Hall–Kier alpha value is -2.67. The minimum Gasteiger partial charge on any atom is -0.505 e. The molecule has 2 aromatic rings. The number of aromatic nitrogens is 2. The Balaban J connectivity index is 2.33. The highest BCUT2D eigenvalue weighted by molar-refractivity contribution is 5.94. The first-order valence-corrected chi connectivity index (χ1v) is 7.22. The normalized spacial score (nSPS) is 10.8. The lowest BCUT2D eigenvalue weighted by molar-refractivity contribution is 0.0941. The Bertz CT molecular complexity index is 768. The monoisotopic (exact) mass is 316 g/mol. The first kappa shape index (κ1) is 16.7. The highest BCUT2D eigenvalue weighted by Crippen LogP contribution is 2.13.